The second kappa shape index (κ2) is 3.80. The third-order valence-electron chi connectivity index (χ3n) is 3.13. The van der Waals surface area contributed by atoms with Crippen LogP contribution in [0, 0.1) is 5.41 Å². The zero-order chi connectivity index (χ0) is 11.1. The first-order chi connectivity index (χ1) is 6.99. The minimum atomic E-state index is 0.491. The molecule has 82 valence electrons. The molecule has 1 aliphatic carbocycles. The molecule has 0 spiro atoms. The van der Waals surface area contributed by atoms with E-state index in [1.807, 2.05) is 6.07 Å². The smallest absolute Gasteiger partial charge is 0.0458 e. The van der Waals surface area contributed by atoms with Crippen molar-refractivity contribution >= 4 is 21.6 Å². The van der Waals surface area contributed by atoms with Gasteiger partial charge in [-0.3, -0.25) is 0 Å². The summed E-state index contributed by atoms with van der Waals surface area (Å²) in [6.07, 6.45) is 1.28. The highest BCUT2D eigenvalue weighted by Crippen LogP contribution is 2.44. The van der Waals surface area contributed by atoms with E-state index in [0.717, 1.165) is 16.7 Å². The Morgan fingerprint density at radius 3 is 2.73 bits per heavy atom. The normalized spacial score (nSPS) is 22.7. The maximum absolute atomic E-state index is 5.73. The average molecular weight is 269 g/mol. The van der Waals surface area contributed by atoms with Crippen LogP contribution in [0.3, 0.4) is 0 Å². The lowest BCUT2D eigenvalue weighted by molar-refractivity contribution is 0.542. The molecular weight excluding hydrogens is 252 g/mol. The second-order valence-electron chi connectivity index (χ2n) is 4.98. The van der Waals surface area contributed by atoms with Gasteiger partial charge in [0.05, 0.1) is 0 Å². The largest absolute Gasteiger partial charge is 0.398 e. The van der Waals surface area contributed by atoms with Gasteiger partial charge in [-0.15, -0.1) is 0 Å². The maximum atomic E-state index is 5.73. The summed E-state index contributed by atoms with van der Waals surface area (Å²) in [6, 6.07) is 6.77. The molecule has 0 heterocycles. The van der Waals surface area contributed by atoms with Gasteiger partial charge in [-0.1, -0.05) is 19.9 Å². The molecule has 0 radical (unpaired) electrons. The van der Waals surface area contributed by atoms with Gasteiger partial charge >= 0.3 is 0 Å². The summed E-state index contributed by atoms with van der Waals surface area (Å²) in [6.45, 7) is 5.51. The Bertz CT molecular complexity index is 374. The SMILES string of the molecule is CC1(C)CC1NCc1ccc(N)c(Br)c1. The van der Waals surface area contributed by atoms with Gasteiger partial charge in [-0.05, 0) is 45.5 Å². The van der Waals surface area contributed by atoms with E-state index in [9.17, 15) is 0 Å². The van der Waals surface area contributed by atoms with Crippen molar-refractivity contribution in [3.8, 4) is 0 Å². The van der Waals surface area contributed by atoms with E-state index in [2.05, 4.69) is 47.2 Å². The van der Waals surface area contributed by atoms with E-state index >= 15 is 0 Å². The minimum Gasteiger partial charge on any atom is -0.398 e. The van der Waals surface area contributed by atoms with Gasteiger partial charge in [0.15, 0.2) is 0 Å². The van der Waals surface area contributed by atoms with Crippen LogP contribution in [0.25, 0.3) is 0 Å². The van der Waals surface area contributed by atoms with E-state index < -0.39 is 0 Å². The van der Waals surface area contributed by atoms with Gasteiger partial charge in [0, 0.05) is 22.7 Å². The van der Waals surface area contributed by atoms with Gasteiger partial charge in [0.1, 0.15) is 0 Å². The lowest BCUT2D eigenvalue weighted by Gasteiger charge is -2.07. The molecule has 2 nitrogen and oxygen atoms in total. The predicted octanol–water partition coefficient (Wildman–Crippen LogP) is 2.92. The number of benzene rings is 1. The summed E-state index contributed by atoms with van der Waals surface area (Å²) in [5, 5.41) is 3.55. The van der Waals surface area contributed by atoms with Crippen LogP contribution >= 0.6 is 15.9 Å². The zero-order valence-corrected chi connectivity index (χ0v) is 10.8. The number of hydrogen-bond acceptors (Lipinski definition) is 2. The summed E-state index contributed by atoms with van der Waals surface area (Å²) in [4.78, 5) is 0. The molecule has 1 aromatic carbocycles. The van der Waals surface area contributed by atoms with Gasteiger partial charge in [-0.25, -0.2) is 0 Å². The Kier molecular flexibility index (Phi) is 2.77. The quantitative estimate of drug-likeness (QED) is 0.828. The van der Waals surface area contributed by atoms with E-state index in [0.29, 0.717) is 11.5 Å². The molecule has 0 bridgehead atoms. The fraction of sp³-hybridized carbons (Fsp3) is 0.500. The maximum Gasteiger partial charge on any atom is 0.0458 e. The molecule has 1 atom stereocenters. The molecule has 3 heteroatoms. The molecule has 0 aromatic heterocycles. The van der Waals surface area contributed by atoms with E-state index in [-0.39, 0.29) is 0 Å². The summed E-state index contributed by atoms with van der Waals surface area (Å²) < 4.78 is 0.983. The lowest BCUT2D eigenvalue weighted by atomic mass is 10.1. The number of nitrogen functional groups attached to an aromatic ring is 1. The van der Waals surface area contributed by atoms with Crippen LogP contribution in [0.4, 0.5) is 5.69 Å². The number of rotatable bonds is 3. The van der Waals surface area contributed by atoms with Gasteiger partial charge in [0.2, 0.25) is 0 Å². The van der Waals surface area contributed by atoms with E-state index in [1.165, 1.54) is 12.0 Å². The fourth-order valence-corrected chi connectivity index (χ4v) is 2.16. The molecule has 2 rings (SSSR count). The van der Waals surface area contributed by atoms with Crippen LogP contribution in [0.15, 0.2) is 22.7 Å². The van der Waals surface area contributed by atoms with E-state index in [1.54, 1.807) is 0 Å². The first kappa shape index (κ1) is 11.0. The highest BCUT2D eigenvalue weighted by molar-refractivity contribution is 9.10. The topological polar surface area (TPSA) is 38.0 Å². The lowest BCUT2D eigenvalue weighted by Crippen LogP contribution is -2.19. The average Bonchev–Trinajstić information content (AvgIpc) is 2.77. The Hall–Kier alpha value is -0.540. The van der Waals surface area contributed by atoms with Crippen LogP contribution in [-0.4, -0.2) is 6.04 Å². The second-order valence-corrected chi connectivity index (χ2v) is 5.84. The van der Waals surface area contributed by atoms with Crippen molar-refractivity contribution in [2.75, 3.05) is 5.73 Å². The third kappa shape index (κ3) is 2.52. The molecule has 1 unspecified atom stereocenters. The van der Waals surface area contributed by atoms with Crippen molar-refractivity contribution in [1.29, 1.82) is 0 Å². The molecular formula is C12H17BrN2. The first-order valence-electron chi connectivity index (χ1n) is 5.26. The predicted molar refractivity (Wildman–Crippen MR) is 67.6 cm³/mol. The number of nitrogens with two attached hydrogens (primary N) is 1. The van der Waals surface area contributed by atoms with Crippen LogP contribution in [0.1, 0.15) is 25.8 Å². The number of hydrogen-bond donors (Lipinski definition) is 2. The van der Waals surface area contributed by atoms with Crippen LogP contribution in [0.2, 0.25) is 0 Å². The standard InChI is InChI=1S/C12H17BrN2/c1-12(2)6-11(12)15-7-8-3-4-10(14)9(13)5-8/h3-5,11,15H,6-7,14H2,1-2H3. The fourth-order valence-electron chi connectivity index (χ4n) is 1.74. The highest BCUT2D eigenvalue weighted by atomic mass is 79.9. The van der Waals surface area contributed by atoms with Crippen molar-refractivity contribution in [3.63, 3.8) is 0 Å². The Morgan fingerprint density at radius 1 is 1.53 bits per heavy atom. The van der Waals surface area contributed by atoms with E-state index in [4.69, 9.17) is 5.73 Å². The summed E-state index contributed by atoms with van der Waals surface area (Å²) >= 11 is 3.44. The van der Waals surface area contributed by atoms with Crippen LogP contribution in [0.5, 0.6) is 0 Å². The monoisotopic (exact) mass is 268 g/mol. The molecule has 1 saturated carbocycles. The Labute approximate surface area is 99.4 Å². The summed E-state index contributed by atoms with van der Waals surface area (Å²) in [5.74, 6) is 0. The number of anilines is 1. The van der Waals surface area contributed by atoms with Crippen molar-refractivity contribution in [1.82, 2.24) is 5.32 Å². The highest BCUT2D eigenvalue weighted by Gasteiger charge is 2.44. The molecule has 1 aliphatic rings. The molecule has 3 N–H and O–H groups in total. The van der Waals surface area contributed by atoms with Crippen LogP contribution < -0.4 is 11.1 Å². The molecule has 0 amide bonds. The van der Waals surface area contributed by atoms with Crippen molar-refractivity contribution in [3.05, 3.63) is 28.2 Å². The third-order valence-corrected chi connectivity index (χ3v) is 3.82. The van der Waals surface area contributed by atoms with Gasteiger partial charge in [-0.2, -0.15) is 0 Å². The van der Waals surface area contributed by atoms with Crippen LogP contribution in [-0.2, 0) is 6.54 Å². The summed E-state index contributed by atoms with van der Waals surface area (Å²) in [7, 11) is 0. The number of halogens is 1. The Morgan fingerprint density at radius 2 is 2.20 bits per heavy atom. The van der Waals surface area contributed by atoms with Gasteiger partial charge in [0.25, 0.3) is 0 Å². The molecule has 0 saturated heterocycles. The van der Waals surface area contributed by atoms with Crippen molar-refractivity contribution in [2.45, 2.75) is 32.9 Å². The first-order valence-corrected chi connectivity index (χ1v) is 6.05. The molecule has 1 aromatic rings. The zero-order valence-electron chi connectivity index (χ0n) is 9.18. The minimum absolute atomic E-state index is 0.491. The molecule has 1 fully saturated rings. The van der Waals surface area contributed by atoms with Gasteiger partial charge < -0.3 is 11.1 Å². The Balaban J connectivity index is 1.92. The van der Waals surface area contributed by atoms with Crippen molar-refractivity contribution < 1.29 is 0 Å². The number of nitrogens with one attached hydrogen (secondary N) is 1. The molecule has 0 aliphatic heterocycles. The molecule has 15 heavy (non-hydrogen) atoms. The summed E-state index contributed by atoms with van der Waals surface area (Å²) in [5.41, 5.74) is 8.30. The van der Waals surface area contributed by atoms with Crippen molar-refractivity contribution in [2.24, 2.45) is 5.41 Å².